The molecule has 112 valence electrons. The maximum absolute atomic E-state index is 3.60. The molecule has 2 rings (SSSR count). The van der Waals surface area contributed by atoms with Crippen LogP contribution in [-0.2, 0) is 0 Å². The molecule has 2 unspecified atom stereocenters. The van der Waals surface area contributed by atoms with Gasteiger partial charge < -0.3 is 15.1 Å². The van der Waals surface area contributed by atoms with Crippen molar-refractivity contribution in [1.29, 1.82) is 0 Å². The minimum Gasteiger partial charge on any atom is -0.370 e. The van der Waals surface area contributed by atoms with Crippen molar-refractivity contribution < 1.29 is 0 Å². The van der Waals surface area contributed by atoms with E-state index in [0.717, 1.165) is 17.6 Å². The first kappa shape index (κ1) is 15.8. The molecule has 4 heteroatoms. The first-order chi connectivity index (χ1) is 9.52. The van der Waals surface area contributed by atoms with E-state index < -0.39 is 0 Å². The zero-order valence-electron chi connectivity index (χ0n) is 13.0. The number of anilines is 1. The van der Waals surface area contributed by atoms with E-state index in [1.165, 1.54) is 24.1 Å². The molecule has 1 fully saturated rings. The molecule has 0 aliphatic carbocycles. The van der Waals surface area contributed by atoms with Crippen LogP contribution in [0.15, 0.2) is 22.7 Å². The first-order valence-electron chi connectivity index (χ1n) is 7.41. The van der Waals surface area contributed by atoms with Gasteiger partial charge in [-0.25, -0.2) is 0 Å². The minimum atomic E-state index is 0.363. The summed E-state index contributed by atoms with van der Waals surface area (Å²) in [5.41, 5.74) is 2.75. The van der Waals surface area contributed by atoms with Crippen molar-refractivity contribution in [3.8, 4) is 0 Å². The molecule has 0 amide bonds. The van der Waals surface area contributed by atoms with Gasteiger partial charge in [-0.2, -0.15) is 0 Å². The molecule has 0 radical (unpaired) electrons. The van der Waals surface area contributed by atoms with E-state index in [-0.39, 0.29) is 0 Å². The summed E-state index contributed by atoms with van der Waals surface area (Å²) in [4.78, 5) is 4.90. The number of hydrogen-bond acceptors (Lipinski definition) is 3. The molecule has 1 aliphatic rings. The molecule has 0 aromatic heterocycles. The Morgan fingerprint density at radius 3 is 2.80 bits per heavy atom. The van der Waals surface area contributed by atoms with Crippen molar-refractivity contribution >= 4 is 21.6 Å². The lowest BCUT2D eigenvalue weighted by Crippen LogP contribution is -2.45. The Labute approximate surface area is 131 Å². The lowest BCUT2D eigenvalue weighted by molar-refractivity contribution is 0.258. The van der Waals surface area contributed by atoms with E-state index in [1.54, 1.807) is 0 Å². The van der Waals surface area contributed by atoms with Crippen LogP contribution in [0.3, 0.4) is 0 Å². The standard InChI is InChI=1S/C16H26BrN3/c1-12(18-2)15-10-13(17)7-8-16(15)20-9-5-6-14(11-20)19(3)4/h7-8,10,12,14,18H,5-6,9,11H2,1-4H3. The largest absolute Gasteiger partial charge is 0.370 e. The third kappa shape index (κ3) is 3.54. The van der Waals surface area contributed by atoms with Crippen molar-refractivity contribution in [2.75, 3.05) is 39.1 Å². The first-order valence-corrected chi connectivity index (χ1v) is 8.20. The number of likely N-dealkylation sites (N-methyl/N-ethyl adjacent to an activating group) is 1. The van der Waals surface area contributed by atoms with Crippen LogP contribution in [0.2, 0.25) is 0 Å². The molecule has 2 atom stereocenters. The fraction of sp³-hybridized carbons (Fsp3) is 0.625. The predicted molar refractivity (Wildman–Crippen MR) is 90.5 cm³/mol. The monoisotopic (exact) mass is 339 g/mol. The van der Waals surface area contributed by atoms with Crippen LogP contribution in [0, 0.1) is 0 Å². The van der Waals surface area contributed by atoms with Crippen molar-refractivity contribution in [1.82, 2.24) is 10.2 Å². The second-order valence-corrected chi connectivity index (χ2v) is 6.83. The average molecular weight is 340 g/mol. The van der Waals surface area contributed by atoms with Gasteiger partial charge in [-0.3, -0.25) is 0 Å². The minimum absolute atomic E-state index is 0.363. The van der Waals surface area contributed by atoms with Crippen molar-refractivity contribution in [2.45, 2.75) is 31.8 Å². The summed E-state index contributed by atoms with van der Waals surface area (Å²) in [6.07, 6.45) is 2.57. The fourth-order valence-corrected chi connectivity index (χ4v) is 3.29. The summed E-state index contributed by atoms with van der Waals surface area (Å²) < 4.78 is 1.15. The van der Waals surface area contributed by atoms with Crippen molar-refractivity contribution in [3.63, 3.8) is 0 Å². The summed E-state index contributed by atoms with van der Waals surface area (Å²) >= 11 is 3.60. The topological polar surface area (TPSA) is 18.5 Å². The van der Waals surface area contributed by atoms with Gasteiger partial charge in [-0.15, -0.1) is 0 Å². The summed E-state index contributed by atoms with van der Waals surface area (Å²) in [5.74, 6) is 0. The molecule has 1 aromatic carbocycles. The summed E-state index contributed by atoms with van der Waals surface area (Å²) in [7, 11) is 6.40. The van der Waals surface area contributed by atoms with Gasteiger partial charge in [-0.1, -0.05) is 15.9 Å². The molecule has 1 saturated heterocycles. The molecule has 0 spiro atoms. The number of benzene rings is 1. The third-order valence-corrected chi connectivity index (χ3v) is 4.85. The molecule has 1 aliphatic heterocycles. The lowest BCUT2D eigenvalue weighted by atomic mass is 10.0. The van der Waals surface area contributed by atoms with Gasteiger partial charge in [0.1, 0.15) is 0 Å². The van der Waals surface area contributed by atoms with E-state index in [1.807, 2.05) is 7.05 Å². The molecule has 0 saturated carbocycles. The van der Waals surface area contributed by atoms with Crippen LogP contribution in [-0.4, -0.2) is 45.2 Å². The van der Waals surface area contributed by atoms with Gasteiger partial charge in [0.2, 0.25) is 0 Å². The average Bonchev–Trinajstić information content (AvgIpc) is 2.46. The molecule has 1 N–H and O–H groups in total. The Balaban J connectivity index is 2.27. The Morgan fingerprint density at radius 2 is 2.15 bits per heavy atom. The van der Waals surface area contributed by atoms with Gasteiger partial charge in [0.25, 0.3) is 0 Å². The highest BCUT2D eigenvalue weighted by atomic mass is 79.9. The third-order valence-electron chi connectivity index (χ3n) is 4.36. The molecular formula is C16H26BrN3. The van der Waals surface area contributed by atoms with Gasteiger partial charge in [-0.05, 0) is 64.7 Å². The van der Waals surface area contributed by atoms with Crippen molar-refractivity contribution in [2.24, 2.45) is 0 Å². The van der Waals surface area contributed by atoms with Crippen LogP contribution in [0.4, 0.5) is 5.69 Å². The summed E-state index contributed by atoms with van der Waals surface area (Å²) in [6, 6.07) is 7.68. The molecule has 0 bridgehead atoms. The van der Waals surface area contributed by atoms with Gasteiger partial charge in [0.15, 0.2) is 0 Å². The van der Waals surface area contributed by atoms with Crippen LogP contribution in [0.1, 0.15) is 31.4 Å². The molecule has 3 nitrogen and oxygen atoms in total. The Bertz CT molecular complexity index is 447. The SMILES string of the molecule is CNC(C)c1cc(Br)ccc1N1CCCC(N(C)C)C1. The zero-order valence-corrected chi connectivity index (χ0v) is 14.6. The van der Waals surface area contributed by atoms with E-state index in [2.05, 4.69) is 70.3 Å². The van der Waals surface area contributed by atoms with Crippen LogP contribution in [0.25, 0.3) is 0 Å². The number of nitrogens with zero attached hydrogens (tertiary/aromatic N) is 2. The summed E-state index contributed by atoms with van der Waals surface area (Å²) in [5, 5.41) is 3.36. The Kier molecular flexibility index (Phi) is 5.47. The van der Waals surface area contributed by atoms with E-state index in [0.29, 0.717) is 12.1 Å². The number of rotatable bonds is 4. The van der Waals surface area contributed by atoms with Gasteiger partial charge in [0, 0.05) is 35.3 Å². The van der Waals surface area contributed by atoms with Crippen LogP contribution >= 0.6 is 15.9 Å². The maximum atomic E-state index is 3.60. The normalized spacial score (nSPS) is 21.3. The number of piperidine rings is 1. The Morgan fingerprint density at radius 1 is 1.40 bits per heavy atom. The van der Waals surface area contributed by atoms with Gasteiger partial charge >= 0.3 is 0 Å². The molecule has 1 aromatic rings. The van der Waals surface area contributed by atoms with E-state index in [9.17, 15) is 0 Å². The fourth-order valence-electron chi connectivity index (χ4n) is 2.91. The number of halogens is 1. The van der Waals surface area contributed by atoms with Crippen LogP contribution in [0.5, 0.6) is 0 Å². The highest BCUT2D eigenvalue weighted by Gasteiger charge is 2.24. The lowest BCUT2D eigenvalue weighted by Gasteiger charge is -2.39. The molecule has 20 heavy (non-hydrogen) atoms. The highest BCUT2D eigenvalue weighted by molar-refractivity contribution is 9.10. The second-order valence-electron chi connectivity index (χ2n) is 5.92. The quantitative estimate of drug-likeness (QED) is 0.908. The van der Waals surface area contributed by atoms with E-state index in [4.69, 9.17) is 0 Å². The molecule has 1 heterocycles. The smallest absolute Gasteiger partial charge is 0.0415 e. The van der Waals surface area contributed by atoms with Crippen LogP contribution < -0.4 is 10.2 Å². The molecular weight excluding hydrogens is 314 g/mol. The van der Waals surface area contributed by atoms with Crippen molar-refractivity contribution in [3.05, 3.63) is 28.2 Å². The predicted octanol–water partition coefficient (Wildman–Crippen LogP) is 3.26. The maximum Gasteiger partial charge on any atom is 0.0415 e. The second kappa shape index (κ2) is 6.92. The van der Waals surface area contributed by atoms with E-state index >= 15 is 0 Å². The highest BCUT2D eigenvalue weighted by Crippen LogP contribution is 2.31. The zero-order chi connectivity index (χ0) is 14.7. The number of hydrogen-bond donors (Lipinski definition) is 1. The number of nitrogens with one attached hydrogen (secondary N) is 1. The summed E-state index contributed by atoms with van der Waals surface area (Å²) in [6.45, 7) is 4.51. The Hall–Kier alpha value is -0.580. The van der Waals surface area contributed by atoms with Gasteiger partial charge in [0.05, 0.1) is 0 Å².